The molecule has 0 aromatic rings. The zero-order chi connectivity index (χ0) is 7.40. The largest absolute Gasteiger partial charge is 0.466 e. The molecule has 10 heavy (non-hydrogen) atoms. The van der Waals surface area contributed by atoms with E-state index < -0.39 is 0 Å². The summed E-state index contributed by atoms with van der Waals surface area (Å²) in [5, 5.41) is 0. The number of hydrogen-bond donors (Lipinski definition) is 0. The monoisotopic (exact) mass is 160 g/mol. The van der Waals surface area contributed by atoms with Gasteiger partial charge in [0.25, 0.3) is 0 Å². The van der Waals surface area contributed by atoms with Crippen LogP contribution in [0.5, 0.6) is 0 Å². The standard InChI is InChI=1S/C7H12O2S/c1-2-9-7(8)6-3-4-10-5-6/h6H,2-5H2,1H3/t6-/m1/s1. The number of hydrogen-bond acceptors (Lipinski definition) is 3. The van der Waals surface area contributed by atoms with E-state index in [1.807, 2.05) is 18.7 Å². The maximum absolute atomic E-state index is 11.0. The minimum absolute atomic E-state index is 0.00694. The van der Waals surface area contributed by atoms with E-state index >= 15 is 0 Å². The second-order valence-corrected chi connectivity index (χ2v) is 3.46. The van der Waals surface area contributed by atoms with Gasteiger partial charge in [-0.25, -0.2) is 0 Å². The SMILES string of the molecule is CCOC(=O)[C@@H]1CCSC1. The molecule has 0 unspecified atom stereocenters. The van der Waals surface area contributed by atoms with Crippen LogP contribution in [0.1, 0.15) is 13.3 Å². The van der Waals surface area contributed by atoms with Crippen LogP contribution in [0.25, 0.3) is 0 Å². The molecule has 2 nitrogen and oxygen atoms in total. The van der Waals surface area contributed by atoms with Crippen LogP contribution in [0.2, 0.25) is 0 Å². The number of carbonyl (C=O) groups is 1. The van der Waals surface area contributed by atoms with Gasteiger partial charge in [0.15, 0.2) is 0 Å². The van der Waals surface area contributed by atoms with Gasteiger partial charge in [-0.3, -0.25) is 4.79 Å². The molecule has 0 aromatic carbocycles. The smallest absolute Gasteiger partial charge is 0.309 e. The van der Waals surface area contributed by atoms with Crippen molar-refractivity contribution in [2.45, 2.75) is 13.3 Å². The molecular weight excluding hydrogens is 148 g/mol. The third-order valence-electron chi connectivity index (χ3n) is 1.55. The molecule has 1 aliphatic heterocycles. The molecule has 0 N–H and O–H groups in total. The summed E-state index contributed by atoms with van der Waals surface area (Å²) in [7, 11) is 0. The summed E-state index contributed by atoms with van der Waals surface area (Å²) in [5.74, 6) is 2.25. The summed E-state index contributed by atoms with van der Waals surface area (Å²) in [6, 6.07) is 0. The first kappa shape index (κ1) is 7.92. The quantitative estimate of drug-likeness (QED) is 0.570. The van der Waals surface area contributed by atoms with Gasteiger partial charge in [-0.15, -0.1) is 0 Å². The van der Waals surface area contributed by atoms with Crippen LogP contribution < -0.4 is 0 Å². The summed E-state index contributed by atoms with van der Waals surface area (Å²) < 4.78 is 4.87. The van der Waals surface area contributed by atoms with Gasteiger partial charge >= 0.3 is 5.97 Å². The Bertz CT molecular complexity index is 119. The van der Waals surface area contributed by atoms with Crippen molar-refractivity contribution < 1.29 is 9.53 Å². The van der Waals surface area contributed by atoms with Crippen molar-refractivity contribution in [3.8, 4) is 0 Å². The lowest BCUT2D eigenvalue weighted by Gasteiger charge is -2.05. The molecule has 1 heterocycles. The van der Waals surface area contributed by atoms with Gasteiger partial charge in [0.1, 0.15) is 0 Å². The predicted octanol–water partition coefficient (Wildman–Crippen LogP) is 1.30. The highest BCUT2D eigenvalue weighted by molar-refractivity contribution is 7.99. The Hall–Kier alpha value is -0.180. The van der Waals surface area contributed by atoms with Crippen molar-refractivity contribution in [1.29, 1.82) is 0 Å². The lowest BCUT2D eigenvalue weighted by Crippen LogP contribution is -2.16. The van der Waals surface area contributed by atoms with Gasteiger partial charge in [0.2, 0.25) is 0 Å². The molecule has 3 heteroatoms. The Kier molecular flexibility index (Phi) is 3.06. The van der Waals surface area contributed by atoms with E-state index in [1.165, 1.54) is 0 Å². The van der Waals surface area contributed by atoms with E-state index in [0.29, 0.717) is 6.61 Å². The summed E-state index contributed by atoms with van der Waals surface area (Å²) in [6.45, 7) is 2.36. The van der Waals surface area contributed by atoms with E-state index in [-0.39, 0.29) is 11.9 Å². The van der Waals surface area contributed by atoms with Gasteiger partial charge in [-0.2, -0.15) is 11.8 Å². The van der Waals surface area contributed by atoms with Crippen molar-refractivity contribution in [3.05, 3.63) is 0 Å². The fraction of sp³-hybridized carbons (Fsp3) is 0.857. The fourth-order valence-electron chi connectivity index (χ4n) is 0.981. The van der Waals surface area contributed by atoms with Crippen molar-refractivity contribution in [1.82, 2.24) is 0 Å². The lowest BCUT2D eigenvalue weighted by atomic mass is 10.1. The van der Waals surface area contributed by atoms with Gasteiger partial charge in [0.05, 0.1) is 12.5 Å². The van der Waals surface area contributed by atoms with Crippen LogP contribution in [-0.4, -0.2) is 24.1 Å². The maximum atomic E-state index is 11.0. The Balaban J connectivity index is 2.25. The molecule has 58 valence electrons. The fourth-order valence-corrected chi connectivity index (χ4v) is 2.19. The molecular formula is C7H12O2S. The number of thioether (sulfide) groups is 1. The lowest BCUT2D eigenvalue weighted by molar-refractivity contribution is -0.147. The Labute approximate surface area is 65.3 Å². The van der Waals surface area contributed by atoms with Crippen molar-refractivity contribution in [2.75, 3.05) is 18.1 Å². The third kappa shape index (κ3) is 1.90. The van der Waals surface area contributed by atoms with Gasteiger partial charge < -0.3 is 4.74 Å². The summed E-state index contributed by atoms with van der Waals surface area (Å²) >= 11 is 1.84. The van der Waals surface area contributed by atoms with E-state index in [4.69, 9.17) is 4.74 Å². The van der Waals surface area contributed by atoms with E-state index in [9.17, 15) is 4.79 Å². The molecule has 1 atom stereocenters. The van der Waals surface area contributed by atoms with Crippen LogP contribution in [-0.2, 0) is 9.53 Å². The van der Waals surface area contributed by atoms with Crippen LogP contribution in [0.15, 0.2) is 0 Å². The molecule has 0 spiro atoms. The van der Waals surface area contributed by atoms with Gasteiger partial charge in [-0.05, 0) is 19.1 Å². The topological polar surface area (TPSA) is 26.3 Å². The minimum Gasteiger partial charge on any atom is -0.466 e. The van der Waals surface area contributed by atoms with Crippen molar-refractivity contribution in [3.63, 3.8) is 0 Å². The third-order valence-corrected chi connectivity index (χ3v) is 2.71. The molecule has 0 amide bonds. The normalized spacial score (nSPS) is 24.7. The Morgan fingerprint density at radius 3 is 3.10 bits per heavy atom. The average Bonchev–Trinajstić information content (AvgIpc) is 2.38. The highest BCUT2D eigenvalue weighted by atomic mass is 32.2. The maximum Gasteiger partial charge on any atom is 0.309 e. The zero-order valence-electron chi connectivity index (χ0n) is 6.13. The van der Waals surface area contributed by atoms with Crippen molar-refractivity contribution >= 4 is 17.7 Å². The molecule has 1 aliphatic rings. The molecule has 1 fully saturated rings. The number of ether oxygens (including phenoxy) is 1. The second-order valence-electron chi connectivity index (χ2n) is 2.31. The molecule has 0 aromatic heterocycles. The Morgan fingerprint density at radius 2 is 2.60 bits per heavy atom. The highest BCUT2D eigenvalue weighted by Gasteiger charge is 2.23. The van der Waals surface area contributed by atoms with E-state index in [2.05, 4.69) is 0 Å². The number of carbonyl (C=O) groups excluding carboxylic acids is 1. The van der Waals surface area contributed by atoms with E-state index in [1.54, 1.807) is 0 Å². The van der Waals surface area contributed by atoms with Crippen LogP contribution in [0.3, 0.4) is 0 Å². The molecule has 0 radical (unpaired) electrons. The first-order chi connectivity index (χ1) is 4.84. The van der Waals surface area contributed by atoms with Gasteiger partial charge in [0, 0.05) is 5.75 Å². The highest BCUT2D eigenvalue weighted by Crippen LogP contribution is 2.24. The first-order valence-electron chi connectivity index (χ1n) is 3.59. The minimum atomic E-state index is -0.00694. The molecule has 0 aliphatic carbocycles. The van der Waals surface area contributed by atoms with Crippen LogP contribution in [0.4, 0.5) is 0 Å². The zero-order valence-corrected chi connectivity index (χ0v) is 6.95. The molecule has 0 saturated carbocycles. The van der Waals surface area contributed by atoms with E-state index in [0.717, 1.165) is 17.9 Å². The second kappa shape index (κ2) is 3.86. The summed E-state index contributed by atoms with van der Waals surface area (Å²) in [4.78, 5) is 11.0. The Morgan fingerprint density at radius 1 is 1.80 bits per heavy atom. The predicted molar refractivity (Wildman–Crippen MR) is 42.1 cm³/mol. The van der Waals surface area contributed by atoms with Crippen LogP contribution >= 0.6 is 11.8 Å². The molecule has 0 bridgehead atoms. The molecule has 1 rings (SSSR count). The number of rotatable bonds is 2. The van der Waals surface area contributed by atoms with Gasteiger partial charge in [-0.1, -0.05) is 0 Å². The summed E-state index contributed by atoms with van der Waals surface area (Å²) in [5.41, 5.74) is 0. The first-order valence-corrected chi connectivity index (χ1v) is 4.74. The molecule has 1 saturated heterocycles. The number of esters is 1. The summed E-state index contributed by atoms with van der Waals surface area (Å²) in [6.07, 6.45) is 1.00. The average molecular weight is 160 g/mol. The van der Waals surface area contributed by atoms with Crippen molar-refractivity contribution in [2.24, 2.45) is 5.92 Å². The van der Waals surface area contributed by atoms with Crippen LogP contribution in [0, 0.1) is 5.92 Å².